The number of nitrogens with one attached hydrogen (secondary N) is 1. The zero-order chi connectivity index (χ0) is 19.8. The van der Waals surface area contributed by atoms with Crippen molar-refractivity contribution in [3.8, 4) is 5.75 Å². The number of carbonyl (C=O) groups excluding carboxylic acids is 1. The highest BCUT2D eigenvalue weighted by molar-refractivity contribution is 9.10. The van der Waals surface area contributed by atoms with Gasteiger partial charge in [-0.2, -0.15) is 0 Å². The Kier molecular flexibility index (Phi) is 5.16. The fourth-order valence-electron chi connectivity index (χ4n) is 3.31. The Hall–Kier alpha value is -2.32. The van der Waals surface area contributed by atoms with Crippen LogP contribution in [0.3, 0.4) is 0 Å². The lowest BCUT2D eigenvalue weighted by molar-refractivity contribution is -0.116. The van der Waals surface area contributed by atoms with Crippen molar-refractivity contribution >= 4 is 44.5 Å². The quantitative estimate of drug-likeness (QED) is 0.767. The van der Waals surface area contributed by atoms with E-state index >= 15 is 0 Å². The summed E-state index contributed by atoms with van der Waals surface area (Å²) in [5, 5.41) is 11.3. The number of carbonyl (C=O) groups is 1. The molecule has 1 N–H and O–H groups in total. The highest BCUT2D eigenvalue weighted by Gasteiger charge is 2.34. The van der Waals surface area contributed by atoms with Crippen LogP contribution in [0, 0.1) is 6.92 Å². The number of hydrogen-bond acceptors (Lipinski definition) is 6. The third-order valence-corrected chi connectivity index (χ3v) is 5.62. The van der Waals surface area contributed by atoms with Gasteiger partial charge in [0.15, 0.2) is 11.3 Å². The smallest absolute Gasteiger partial charge is 0.276 e. The predicted molar refractivity (Wildman–Crippen MR) is 114 cm³/mol. The molecule has 0 saturated carbocycles. The number of aryl methyl sites for hydroxylation is 1. The van der Waals surface area contributed by atoms with E-state index in [2.05, 4.69) is 26.3 Å². The molecule has 1 amide bonds. The summed E-state index contributed by atoms with van der Waals surface area (Å²) < 4.78 is 6.54. The maximum absolute atomic E-state index is 12.9. The van der Waals surface area contributed by atoms with Crippen LogP contribution in [0.1, 0.15) is 24.2 Å². The number of amidine groups is 1. The first-order valence-corrected chi connectivity index (χ1v) is 10.9. The van der Waals surface area contributed by atoms with Gasteiger partial charge in [-0.1, -0.05) is 33.8 Å². The zero-order valence-corrected chi connectivity index (χ0v) is 18.1. The Morgan fingerprint density at radius 1 is 1.29 bits per heavy atom. The third-order valence-electron chi connectivity index (χ3n) is 4.56. The summed E-state index contributed by atoms with van der Waals surface area (Å²) in [6, 6.07) is 11.7. The van der Waals surface area contributed by atoms with Gasteiger partial charge in [-0.15, -0.1) is 5.10 Å². The number of fused-ring (bicyclic) bond motifs is 2. The Morgan fingerprint density at radius 3 is 2.82 bits per heavy atom. The standard InChI is InChI=1S/C20H19BrN4O2S/c1-4-27-16-8-5-12(9-11(16)2)18-22-15-7-6-13(21)10-14(15)17-19(26)23-20(28-3)24-25(17)18/h5-10,18H,4H2,1-3H3,(H,23,24,26). The van der Waals surface area contributed by atoms with Gasteiger partial charge in [0.2, 0.25) is 0 Å². The number of hydrogen-bond donors (Lipinski definition) is 1. The van der Waals surface area contributed by atoms with E-state index in [0.29, 0.717) is 17.5 Å². The minimum atomic E-state index is -0.425. The van der Waals surface area contributed by atoms with E-state index in [1.165, 1.54) is 11.8 Å². The molecule has 8 heteroatoms. The topological polar surface area (TPSA) is 66.3 Å². The molecule has 6 nitrogen and oxygen atoms in total. The Labute approximate surface area is 175 Å². The van der Waals surface area contributed by atoms with Gasteiger partial charge in [0, 0.05) is 9.69 Å². The summed E-state index contributed by atoms with van der Waals surface area (Å²) in [6.45, 7) is 4.58. The van der Waals surface area contributed by atoms with Crippen LogP contribution in [-0.2, 0) is 4.79 Å². The molecule has 2 aliphatic heterocycles. The monoisotopic (exact) mass is 458 g/mol. The molecule has 2 aromatic carbocycles. The van der Waals surface area contributed by atoms with E-state index in [1.807, 2.05) is 56.5 Å². The average Bonchev–Trinajstić information content (AvgIpc) is 2.68. The molecule has 2 aliphatic rings. The van der Waals surface area contributed by atoms with Crippen LogP contribution in [0.2, 0.25) is 0 Å². The SMILES string of the molecule is CCOc1ccc(C2N=c3ccc(Br)cc3=C3C(=O)NC(SC)=NN32)cc1C. The van der Waals surface area contributed by atoms with Gasteiger partial charge in [-0.05, 0) is 61.6 Å². The number of halogens is 1. The van der Waals surface area contributed by atoms with Gasteiger partial charge in [0.05, 0.1) is 12.0 Å². The van der Waals surface area contributed by atoms with Crippen molar-refractivity contribution < 1.29 is 9.53 Å². The molecular weight excluding hydrogens is 440 g/mol. The Morgan fingerprint density at radius 2 is 2.11 bits per heavy atom. The van der Waals surface area contributed by atoms with Crippen LogP contribution in [0.15, 0.2) is 51.0 Å². The summed E-state index contributed by atoms with van der Waals surface area (Å²) in [7, 11) is 0. The molecule has 144 valence electrons. The van der Waals surface area contributed by atoms with Crippen molar-refractivity contribution in [2.75, 3.05) is 12.9 Å². The Balaban J connectivity index is 1.92. The van der Waals surface area contributed by atoms with Crippen LogP contribution in [0.4, 0.5) is 0 Å². The largest absolute Gasteiger partial charge is 0.494 e. The number of rotatable bonds is 3. The molecule has 0 spiro atoms. The summed E-state index contributed by atoms with van der Waals surface area (Å²) in [4.78, 5) is 17.8. The second-order valence-corrected chi connectivity index (χ2v) is 8.09. The minimum absolute atomic E-state index is 0.179. The van der Waals surface area contributed by atoms with Crippen molar-refractivity contribution in [2.24, 2.45) is 10.1 Å². The van der Waals surface area contributed by atoms with Gasteiger partial charge in [-0.25, -0.2) is 5.01 Å². The average molecular weight is 459 g/mol. The second-order valence-electron chi connectivity index (χ2n) is 6.38. The van der Waals surface area contributed by atoms with Crippen LogP contribution in [0.25, 0.3) is 5.70 Å². The molecule has 0 aromatic heterocycles. The lowest BCUT2D eigenvalue weighted by atomic mass is 10.1. The normalized spacial score (nSPS) is 17.9. The number of benzene rings is 2. The predicted octanol–water partition coefficient (Wildman–Crippen LogP) is 2.66. The van der Waals surface area contributed by atoms with Crippen molar-refractivity contribution in [1.29, 1.82) is 0 Å². The number of amides is 1. The molecule has 0 fully saturated rings. The molecule has 0 bridgehead atoms. The fraction of sp³-hybridized carbons (Fsp3) is 0.250. The molecule has 0 saturated heterocycles. The van der Waals surface area contributed by atoms with Gasteiger partial charge >= 0.3 is 0 Å². The number of ether oxygens (including phenoxy) is 1. The van der Waals surface area contributed by atoms with E-state index in [9.17, 15) is 4.79 Å². The molecular formula is C20H19BrN4O2S. The molecule has 1 atom stereocenters. The summed E-state index contributed by atoms with van der Waals surface area (Å²) in [6.07, 6.45) is 1.46. The Bertz CT molecular complexity index is 1120. The first-order chi connectivity index (χ1) is 13.5. The number of hydrazone groups is 1. The lowest BCUT2D eigenvalue weighted by Gasteiger charge is -2.34. The lowest BCUT2D eigenvalue weighted by Crippen LogP contribution is -2.50. The maximum Gasteiger partial charge on any atom is 0.276 e. The molecule has 0 aliphatic carbocycles. The summed E-state index contributed by atoms with van der Waals surface area (Å²) >= 11 is 4.88. The van der Waals surface area contributed by atoms with Gasteiger partial charge < -0.3 is 4.74 Å². The first kappa shape index (κ1) is 19.0. The summed E-state index contributed by atoms with van der Waals surface area (Å²) in [5.41, 5.74) is 2.47. The van der Waals surface area contributed by atoms with Crippen LogP contribution >= 0.6 is 27.7 Å². The fourth-order valence-corrected chi connectivity index (χ4v) is 4.04. The van der Waals surface area contributed by atoms with E-state index in [4.69, 9.17) is 9.73 Å². The summed E-state index contributed by atoms with van der Waals surface area (Å²) in [5.74, 6) is 0.668. The minimum Gasteiger partial charge on any atom is -0.494 e. The van der Waals surface area contributed by atoms with E-state index in [-0.39, 0.29) is 5.91 Å². The molecule has 2 heterocycles. The van der Waals surface area contributed by atoms with Crippen molar-refractivity contribution in [3.63, 3.8) is 0 Å². The molecule has 1 unspecified atom stereocenters. The van der Waals surface area contributed by atoms with Gasteiger partial charge in [0.1, 0.15) is 11.4 Å². The number of thioether (sulfide) groups is 1. The van der Waals surface area contributed by atoms with Crippen molar-refractivity contribution in [2.45, 2.75) is 20.0 Å². The molecule has 0 radical (unpaired) electrons. The van der Waals surface area contributed by atoms with Crippen LogP contribution in [-0.4, -0.2) is 28.9 Å². The van der Waals surface area contributed by atoms with E-state index in [1.54, 1.807) is 5.01 Å². The maximum atomic E-state index is 12.9. The van der Waals surface area contributed by atoms with Crippen LogP contribution < -0.4 is 20.6 Å². The van der Waals surface area contributed by atoms with E-state index < -0.39 is 6.17 Å². The van der Waals surface area contributed by atoms with Crippen molar-refractivity contribution in [3.05, 3.63) is 62.6 Å². The van der Waals surface area contributed by atoms with Gasteiger partial charge in [0.25, 0.3) is 5.91 Å². The molecule has 28 heavy (non-hydrogen) atoms. The molecule has 4 rings (SSSR count). The molecule has 2 aromatic rings. The zero-order valence-electron chi connectivity index (χ0n) is 15.7. The first-order valence-electron chi connectivity index (χ1n) is 8.86. The van der Waals surface area contributed by atoms with Crippen LogP contribution in [0.5, 0.6) is 5.75 Å². The highest BCUT2D eigenvalue weighted by Crippen LogP contribution is 2.32. The van der Waals surface area contributed by atoms with E-state index in [0.717, 1.165) is 31.9 Å². The van der Waals surface area contributed by atoms with Crippen molar-refractivity contribution in [1.82, 2.24) is 10.3 Å². The number of nitrogens with zero attached hydrogens (tertiary/aromatic N) is 3. The second kappa shape index (κ2) is 7.60. The highest BCUT2D eigenvalue weighted by atomic mass is 79.9. The van der Waals surface area contributed by atoms with Gasteiger partial charge in [-0.3, -0.25) is 15.1 Å². The third kappa shape index (κ3) is 3.31.